The Morgan fingerprint density at radius 3 is 2.62 bits per heavy atom. The summed E-state index contributed by atoms with van der Waals surface area (Å²) in [6.45, 7) is 3.95. The van der Waals surface area contributed by atoms with Gasteiger partial charge < -0.3 is 9.26 Å². The van der Waals surface area contributed by atoms with E-state index in [1.54, 1.807) is 0 Å². The lowest BCUT2D eigenvalue weighted by Gasteiger charge is -2.06. The highest BCUT2D eigenvalue weighted by Crippen LogP contribution is 2.22. The molecule has 1 saturated carbocycles. The van der Waals surface area contributed by atoms with E-state index in [1.807, 2.05) is 13.8 Å². The largest absolute Gasteiger partial charge is 0.452 e. The summed E-state index contributed by atoms with van der Waals surface area (Å²) in [7, 11) is -3.54. The molecule has 26 heavy (non-hydrogen) atoms. The molecule has 140 valence electrons. The SMILES string of the molecule is CC(C)Cc1noc(COC(=O)c2ccc(S(=O)(=O)NC3CC3)cc2)n1. The Balaban J connectivity index is 1.57. The molecule has 2 aromatic rings. The molecule has 0 unspecified atom stereocenters. The van der Waals surface area contributed by atoms with Crippen molar-refractivity contribution in [1.82, 2.24) is 14.9 Å². The number of nitrogens with zero attached hydrogens (tertiary/aromatic N) is 2. The van der Waals surface area contributed by atoms with Gasteiger partial charge in [-0.2, -0.15) is 4.98 Å². The molecular weight excluding hydrogens is 358 g/mol. The minimum absolute atomic E-state index is 0.0274. The number of aromatic nitrogens is 2. The molecule has 1 heterocycles. The predicted molar refractivity (Wildman–Crippen MR) is 91.7 cm³/mol. The third kappa shape index (κ3) is 4.89. The zero-order valence-electron chi connectivity index (χ0n) is 14.6. The molecule has 1 aliphatic carbocycles. The Morgan fingerprint density at radius 2 is 2.00 bits per heavy atom. The summed E-state index contributed by atoms with van der Waals surface area (Å²) in [4.78, 5) is 16.3. The van der Waals surface area contributed by atoms with Gasteiger partial charge in [0.2, 0.25) is 10.0 Å². The van der Waals surface area contributed by atoms with E-state index in [0.717, 1.165) is 12.8 Å². The van der Waals surface area contributed by atoms with Crippen molar-refractivity contribution >= 4 is 16.0 Å². The summed E-state index contributed by atoms with van der Waals surface area (Å²) < 4.78 is 36.9. The Kier molecular flexibility index (Phi) is 5.38. The highest BCUT2D eigenvalue weighted by molar-refractivity contribution is 7.89. The van der Waals surface area contributed by atoms with Gasteiger partial charge in [-0.25, -0.2) is 17.9 Å². The van der Waals surface area contributed by atoms with Gasteiger partial charge in [0.15, 0.2) is 12.4 Å². The van der Waals surface area contributed by atoms with Gasteiger partial charge in [-0.1, -0.05) is 19.0 Å². The normalized spacial score (nSPS) is 14.6. The first kappa shape index (κ1) is 18.5. The fourth-order valence-electron chi connectivity index (χ4n) is 2.27. The number of hydrogen-bond donors (Lipinski definition) is 1. The van der Waals surface area contributed by atoms with E-state index in [0.29, 0.717) is 18.2 Å². The first-order chi connectivity index (χ1) is 12.3. The molecule has 1 N–H and O–H groups in total. The summed E-state index contributed by atoms with van der Waals surface area (Å²) >= 11 is 0. The van der Waals surface area contributed by atoms with Crippen molar-refractivity contribution in [1.29, 1.82) is 0 Å². The van der Waals surface area contributed by atoms with Gasteiger partial charge in [-0.15, -0.1) is 0 Å². The van der Waals surface area contributed by atoms with E-state index in [4.69, 9.17) is 9.26 Å². The van der Waals surface area contributed by atoms with Crippen LogP contribution in [0.1, 0.15) is 48.8 Å². The summed E-state index contributed by atoms with van der Waals surface area (Å²) in [6.07, 6.45) is 2.40. The molecule has 0 radical (unpaired) electrons. The molecule has 1 aromatic heterocycles. The fraction of sp³-hybridized carbons (Fsp3) is 0.471. The van der Waals surface area contributed by atoms with Crippen LogP contribution in [0.15, 0.2) is 33.7 Å². The van der Waals surface area contributed by atoms with Crippen LogP contribution >= 0.6 is 0 Å². The van der Waals surface area contributed by atoms with Crippen LogP contribution in [0.4, 0.5) is 0 Å². The first-order valence-electron chi connectivity index (χ1n) is 8.44. The van der Waals surface area contributed by atoms with Gasteiger partial charge >= 0.3 is 5.97 Å². The standard InChI is InChI=1S/C17H21N3O5S/c1-11(2)9-15-18-16(25-19-15)10-24-17(21)12-3-7-14(8-4-12)26(22,23)20-13-5-6-13/h3-4,7-8,11,13,20H,5-6,9-10H2,1-2H3. The van der Waals surface area contributed by atoms with Crippen LogP contribution in [0.5, 0.6) is 0 Å². The van der Waals surface area contributed by atoms with Crippen LogP contribution in [-0.2, 0) is 27.8 Å². The van der Waals surface area contributed by atoms with E-state index in [9.17, 15) is 13.2 Å². The van der Waals surface area contributed by atoms with Crippen molar-refractivity contribution in [2.75, 3.05) is 0 Å². The quantitative estimate of drug-likeness (QED) is 0.699. The van der Waals surface area contributed by atoms with E-state index >= 15 is 0 Å². The highest BCUT2D eigenvalue weighted by atomic mass is 32.2. The minimum Gasteiger partial charge on any atom is -0.452 e. The molecule has 1 aliphatic rings. The second-order valence-corrected chi connectivity index (χ2v) is 8.41. The summed E-state index contributed by atoms with van der Waals surface area (Å²) in [5.74, 6) is 0.602. The number of esters is 1. The van der Waals surface area contributed by atoms with Gasteiger partial charge in [-0.05, 0) is 43.0 Å². The zero-order chi connectivity index (χ0) is 18.7. The maximum atomic E-state index is 12.1. The molecular formula is C17H21N3O5S. The second kappa shape index (κ2) is 7.55. The van der Waals surface area contributed by atoms with Crippen LogP contribution in [-0.4, -0.2) is 30.6 Å². The molecule has 3 rings (SSSR count). The second-order valence-electron chi connectivity index (χ2n) is 6.70. The average molecular weight is 379 g/mol. The molecule has 0 amide bonds. The van der Waals surface area contributed by atoms with Gasteiger partial charge in [0.1, 0.15) is 0 Å². The molecule has 1 aromatic carbocycles. The zero-order valence-corrected chi connectivity index (χ0v) is 15.5. The number of carbonyl (C=O) groups excluding carboxylic acids is 1. The van der Waals surface area contributed by atoms with E-state index in [-0.39, 0.29) is 29.0 Å². The third-order valence-electron chi connectivity index (χ3n) is 3.73. The fourth-order valence-corrected chi connectivity index (χ4v) is 3.57. The van der Waals surface area contributed by atoms with Crippen LogP contribution < -0.4 is 4.72 Å². The molecule has 0 spiro atoms. The lowest BCUT2D eigenvalue weighted by Crippen LogP contribution is -2.25. The number of ether oxygens (including phenoxy) is 1. The summed E-state index contributed by atoms with van der Waals surface area (Å²) in [6, 6.07) is 5.63. The Labute approximate surface area is 152 Å². The van der Waals surface area contributed by atoms with Crippen molar-refractivity contribution < 1.29 is 22.5 Å². The van der Waals surface area contributed by atoms with Crippen LogP contribution in [0, 0.1) is 5.92 Å². The predicted octanol–water partition coefficient (Wildman–Crippen LogP) is 2.07. The van der Waals surface area contributed by atoms with Gasteiger partial charge in [0, 0.05) is 12.5 Å². The number of carbonyl (C=O) groups is 1. The topological polar surface area (TPSA) is 111 Å². The van der Waals surface area contributed by atoms with Crippen LogP contribution in [0.3, 0.4) is 0 Å². The molecule has 0 saturated heterocycles. The van der Waals surface area contributed by atoms with Crippen molar-refractivity contribution in [2.24, 2.45) is 5.92 Å². The molecule has 8 nitrogen and oxygen atoms in total. The Bertz CT molecular complexity index is 870. The average Bonchev–Trinajstić information content (AvgIpc) is 3.28. The van der Waals surface area contributed by atoms with Crippen molar-refractivity contribution in [3.05, 3.63) is 41.5 Å². The van der Waals surface area contributed by atoms with Gasteiger partial charge in [0.25, 0.3) is 5.89 Å². The van der Waals surface area contributed by atoms with E-state index in [1.165, 1.54) is 24.3 Å². The lowest BCUT2D eigenvalue weighted by molar-refractivity contribution is 0.0429. The molecule has 9 heteroatoms. The monoisotopic (exact) mass is 379 g/mol. The smallest absolute Gasteiger partial charge is 0.338 e. The third-order valence-corrected chi connectivity index (χ3v) is 5.26. The molecule has 0 atom stereocenters. The summed E-state index contributed by atoms with van der Waals surface area (Å²) in [5, 5.41) is 3.82. The van der Waals surface area contributed by atoms with Gasteiger partial charge in [-0.3, -0.25) is 0 Å². The minimum atomic E-state index is -3.54. The number of nitrogens with one attached hydrogen (secondary N) is 1. The van der Waals surface area contributed by atoms with Crippen LogP contribution in [0.2, 0.25) is 0 Å². The molecule has 1 fully saturated rings. The van der Waals surface area contributed by atoms with Gasteiger partial charge in [0.05, 0.1) is 10.5 Å². The first-order valence-corrected chi connectivity index (χ1v) is 9.93. The van der Waals surface area contributed by atoms with Crippen molar-refractivity contribution in [3.8, 4) is 0 Å². The Morgan fingerprint density at radius 1 is 1.31 bits per heavy atom. The Hall–Kier alpha value is -2.26. The van der Waals surface area contributed by atoms with E-state index < -0.39 is 16.0 Å². The number of sulfonamides is 1. The summed E-state index contributed by atoms with van der Waals surface area (Å²) in [5.41, 5.74) is 0.247. The van der Waals surface area contributed by atoms with E-state index in [2.05, 4.69) is 14.9 Å². The lowest BCUT2D eigenvalue weighted by atomic mass is 10.1. The number of hydrogen-bond acceptors (Lipinski definition) is 7. The number of rotatable bonds is 8. The maximum Gasteiger partial charge on any atom is 0.338 e. The highest BCUT2D eigenvalue weighted by Gasteiger charge is 2.28. The van der Waals surface area contributed by atoms with Crippen LogP contribution in [0.25, 0.3) is 0 Å². The van der Waals surface area contributed by atoms with Crippen molar-refractivity contribution in [2.45, 2.75) is 50.7 Å². The molecule has 0 bridgehead atoms. The molecule has 0 aliphatic heterocycles. The van der Waals surface area contributed by atoms with Crippen molar-refractivity contribution in [3.63, 3.8) is 0 Å². The maximum absolute atomic E-state index is 12.1. The number of benzene rings is 1.